The lowest BCUT2D eigenvalue weighted by Crippen LogP contribution is -2.20. The van der Waals surface area contributed by atoms with Crippen LogP contribution in [0.3, 0.4) is 0 Å². The van der Waals surface area contributed by atoms with E-state index in [-0.39, 0.29) is 5.75 Å². The minimum atomic E-state index is -0.559. The molecule has 1 aliphatic rings. The van der Waals surface area contributed by atoms with Crippen LogP contribution >= 0.6 is 0 Å². The molecular weight excluding hydrogens is 499 g/mol. The minimum Gasteiger partial charge on any atom is -0.494 e. The summed E-state index contributed by atoms with van der Waals surface area (Å²) in [5, 5.41) is 0. The predicted molar refractivity (Wildman–Crippen MR) is 164 cm³/mol. The van der Waals surface area contributed by atoms with Gasteiger partial charge in [-0.2, -0.15) is 0 Å². The summed E-state index contributed by atoms with van der Waals surface area (Å²) >= 11 is 0. The number of rotatable bonds is 19. The molecule has 2 unspecified atom stereocenters. The highest BCUT2D eigenvalue weighted by molar-refractivity contribution is 5.91. The van der Waals surface area contributed by atoms with Crippen molar-refractivity contribution >= 4 is 5.97 Å². The molecule has 0 aromatic heterocycles. The smallest absolute Gasteiger partial charge is 0.343 e. The van der Waals surface area contributed by atoms with Crippen molar-refractivity contribution < 1.29 is 18.7 Å². The number of carbonyl (C=O) groups is 1. The summed E-state index contributed by atoms with van der Waals surface area (Å²) in [6, 6.07) is 11.9. The molecule has 0 saturated heterocycles. The predicted octanol–water partition coefficient (Wildman–Crippen LogP) is 10.9. The summed E-state index contributed by atoms with van der Waals surface area (Å²) in [6.45, 7) is 5.20. The first-order chi connectivity index (χ1) is 19.6. The summed E-state index contributed by atoms with van der Waals surface area (Å²) in [7, 11) is 0. The molecular formula is C36H53FO3. The molecule has 40 heavy (non-hydrogen) atoms. The highest BCUT2D eigenvalue weighted by atomic mass is 19.1. The minimum absolute atomic E-state index is 0.0237. The van der Waals surface area contributed by atoms with Gasteiger partial charge in [-0.3, -0.25) is 0 Å². The first-order valence-electron chi connectivity index (χ1n) is 16.3. The zero-order chi connectivity index (χ0) is 28.4. The summed E-state index contributed by atoms with van der Waals surface area (Å²) in [6.07, 6.45) is 22.7. The van der Waals surface area contributed by atoms with Crippen LogP contribution in [0.1, 0.15) is 139 Å². The van der Waals surface area contributed by atoms with E-state index in [9.17, 15) is 9.18 Å². The van der Waals surface area contributed by atoms with E-state index in [2.05, 4.69) is 13.8 Å². The Balaban J connectivity index is 1.37. The van der Waals surface area contributed by atoms with Gasteiger partial charge in [-0.05, 0) is 79.5 Å². The first kappa shape index (κ1) is 32.2. The van der Waals surface area contributed by atoms with E-state index >= 15 is 0 Å². The van der Waals surface area contributed by atoms with Gasteiger partial charge in [0, 0.05) is 0 Å². The van der Waals surface area contributed by atoms with Gasteiger partial charge in [-0.15, -0.1) is 0 Å². The molecule has 1 fully saturated rings. The van der Waals surface area contributed by atoms with Crippen LogP contribution in [0.25, 0.3) is 0 Å². The average molecular weight is 553 g/mol. The van der Waals surface area contributed by atoms with E-state index in [0.717, 1.165) is 42.4 Å². The fourth-order valence-electron chi connectivity index (χ4n) is 6.15. The Morgan fingerprint density at radius 3 is 2.08 bits per heavy atom. The summed E-state index contributed by atoms with van der Waals surface area (Å²) in [5.74, 6) is 1.43. The molecule has 1 aliphatic carbocycles. The Hall–Kier alpha value is -2.36. The van der Waals surface area contributed by atoms with E-state index in [0.29, 0.717) is 12.2 Å². The highest BCUT2D eigenvalue weighted by Gasteiger charge is 2.24. The number of aryl methyl sites for hydroxylation is 1. The number of benzene rings is 2. The van der Waals surface area contributed by atoms with Crippen LogP contribution in [0.15, 0.2) is 42.5 Å². The van der Waals surface area contributed by atoms with Crippen molar-refractivity contribution in [1.29, 1.82) is 0 Å². The first-order valence-corrected chi connectivity index (χ1v) is 16.3. The summed E-state index contributed by atoms with van der Waals surface area (Å²) in [4.78, 5) is 12.6. The van der Waals surface area contributed by atoms with Crippen molar-refractivity contribution in [2.75, 3.05) is 6.61 Å². The van der Waals surface area contributed by atoms with Gasteiger partial charge in [0.15, 0.2) is 11.6 Å². The summed E-state index contributed by atoms with van der Waals surface area (Å²) < 4.78 is 25.9. The average Bonchev–Trinajstić information content (AvgIpc) is 2.97. The van der Waals surface area contributed by atoms with Crippen molar-refractivity contribution in [1.82, 2.24) is 0 Å². The fraction of sp³-hybridized carbons (Fsp3) is 0.639. The third kappa shape index (κ3) is 11.6. The van der Waals surface area contributed by atoms with Crippen molar-refractivity contribution in [3.63, 3.8) is 0 Å². The third-order valence-electron chi connectivity index (χ3n) is 8.59. The molecule has 3 nitrogen and oxygen atoms in total. The molecule has 1 saturated carbocycles. The van der Waals surface area contributed by atoms with Crippen LogP contribution in [0, 0.1) is 17.7 Å². The molecule has 2 atom stereocenters. The second-order valence-electron chi connectivity index (χ2n) is 11.8. The molecule has 4 heteroatoms. The number of hydrogen-bond acceptors (Lipinski definition) is 3. The fourth-order valence-corrected chi connectivity index (χ4v) is 6.15. The molecule has 0 amide bonds. The zero-order valence-electron chi connectivity index (χ0n) is 25.2. The van der Waals surface area contributed by atoms with E-state index in [1.54, 1.807) is 30.3 Å². The van der Waals surface area contributed by atoms with Crippen LogP contribution < -0.4 is 9.47 Å². The monoisotopic (exact) mass is 552 g/mol. The summed E-state index contributed by atoms with van der Waals surface area (Å²) in [5.41, 5.74) is 1.33. The molecule has 0 heterocycles. The lowest BCUT2D eigenvalue weighted by atomic mass is 9.74. The van der Waals surface area contributed by atoms with Crippen LogP contribution in [0.4, 0.5) is 4.39 Å². The Morgan fingerprint density at radius 1 is 0.775 bits per heavy atom. The van der Waals surface area contributed by atoms with E-state index in [4.69, 9.17) is 9.47 Å². The van der Waals surface area contributed by atoms with Gasteiger partial charge in [-0.1, -0.05) is 110 Å². The second-order valence-corrected chi connectivity index (χ2v) is 11.8. The lowest BCUT2D eigenvalue weighted by Gasteiger charge is -2.31. The Bertz CT molecular complexity index is 971. The molecule has 2 aromatic rings. The number of halogens is 1. The van der Waals surface area contributed by atoms with E-state index in [1.807, 2.05) is 6.07 Å². The third-order valence-corrected chi connectivity index (χ3v) is 8.59. The maximum atomic E-state index is 14.6. The van der Waals surface area contributed by atoms with Crippen molar-refractivity contribution in [3.8, 4) is 11.5 Å². The van der Waals surface area contributed by atoms with Crippen LogP contribution in [0.2, 0.25) is 0 Å². The quantitative estimate of drug-likeness (QED) is 0.0987. The van der Waals surface area contributed by atoms with Gasteiger partial charge in [0.05, 0.1) is 12.2 Å². The van der Waals surface area contributed by atoms with Crippen LogP contribution in [-0.4, -0.2) is 12.6 Å². The lowest BCUT2D eigenvalue weighted by molar-refractivity contribution is 0.0727. The zero-order valence-corrected chi connectivity index (χ0v) is 25.2. The molecule has 222 valence electrons. The van der Waals surface area contributed by atoms with Gasteiger partial charge >= 0.3 is 5.97 Å². The highest BCUT2D eigenvalue weighted by Crippen LogP contribution is 2.36. The number of ether oxygens (including phenoxy) is 2. The number of esters is 1. The number of hydrogen-bond donors (Lipinski definition) is 0. The van der Waals surface area contributed by atoms with Crippen molar-refractivity contribution in [2.24, 2.45) is 11.8 Å². The topological polar surface area (TPSA) is 35.5 Å². The van der Waals surface area contributed by atoms with Crippen molar-refractivity contribution in [2.45, 2.75) is 129 Å². The maximum Gasteiger partial charge on any atom is 0.343 e. The second kappa shape index (κ2) is 18.9. The van der Waals surface area contributed by atoms with Crippen LogP contribution in [0.5, 0.6) is 11.5 Å². The Labute approximate surface area is 243 Å². The van der Waals surface area contributed by atoms with Gasteiger partial charge < -0.3 is 9.47 Å². The largest absolute Gasteiger partial charge is 0.494 e. The molecule has 3 rings (SSSR count). The Morgan fingerprint density at radius 2 is 1.40 bits per heavy atom. The molecule has 0 aliphatic heterocycles. The number of unbranched alkanes of at least 4 members (excludes halogenated alkanes) is 8. The normalized spacial score (nSPS) is 17.1. The molecule has 0 spiro atoms. The maximum absolute atomic E-state index is 14.6. The van der Waals surface area contributed by atoms with Crippen LogP contribution in [-0.2, 0) is 6.42 Å². The van der Waals surface area contributed by atoms with E-state index in [1.165, 1.54) is 102 Å². The van der Waals surface area contributed by atoms with Gasteiger partial charge in [-0.25, -0.2) is 9.18 Å². The van der Waals surface area contributed by atoms with Crippen molar-refractivity contribution in [3.05, 3.63) is 59.4 Å². The Kier molecular flexibility index (Phi) is 15.2. The molecule has 0 bridgehead atoms. The molecule has 2 aromatic carbocycles. The molecule has 0 N–H and O–H groups in total. The standard InChI is InChI=1S/C36H53FO3/c1-3-5-7-8-9-10-12-16-29-21-26-35(34(37)28-29)40-36(38)32-22-24-33(25-23-32)39-27-15-20-31-19-14-13-18-30(31)17-11-6-4-2/h21-26,28,30-31H,3-20,27H2,1-2H3. The van der Waals surface area contributed by atoms with Gasteiger partial charge in [0.2, 0.25) is 0 Å². The van der Waals surface area contributed by atoms with Gasteiger partial charge in [0.25, 0.3) is 0 Å². The van der Waals surface area contributed by atoms with Gasteiger partial charge in [0.1, 0.15) is 5.75 Å². The molecule has 0 radical (unpaired) electrons. The van der Waals surface area contributed by atoms with E-state index < -0.39 is 11.8 Å². The SMILES string of the molecule is CCCCCCCCCc1ccc(OC(=O)c2ccc(OCCCC3CCCCC3CCCCC)cc2)c(F)c1. The number of carbonyl (C=O) groups excluding carboxylic acids is 1.